The van der Waals surface area contributed by atoms with Crippen LogP contribution in [0.1, 0.15) is 284 Å². The van der Waals surface area contributed by atoms with Gasteiger partial charge in [0, 0.05) is 13.2 Å². The molecule has 0 amide bonds. The van der Waals surface area contributed by atoms with Gasteiger partial charge in [0.2, 0.25) is 0 Å². The van der Waals surface area contributed by atoms with Gasteiger partial charge in [0.15, 0.2) is 0 Å². The second kappa shape index (κ2) is 48.9. The average Bonchev–Trinajstić information content (AvgIpc) is 3.16. The van der Waals surface area contributed by atoms with Crippen LogP contribution in [0, 0.1) is 0 Å². The Morgan fingerprint density at radius 3 is 0.731 bits per heavy atom. The van der Waals surface area contributed by atoms with Gasteiger partial charge in [-0.05, 0) is 12.8 Å². The van der Waals surface area contributed by atoms with E-state index < -0.39 is 0 Å². The minimum Gasteiger partial charge on any atom is -0.394 e. The van der Waals surface area contributed by atoms with Crippen molar-refractivity contribution in [2.24, 2.45) is 0 Å². The maximum Gasteiger partial charge on any atom is 0.104 e. The fraction of sp³-hybridized carbons (Fsp3) is 1.00. The third kappa shape index (κ3) is 46.0. The van der Waals surface area contributed by atoms with Gasteiger partial charge in [-0.25, -0.2) is 0 Å². The summed E-state index contributed by atoms with van der Waals surface area (Å²) in [7, 11) is 0. The fourth-order valence-electron chi connectivity index (χ4n) is 7.79. The summed E-state index contributed by atoms with van der Waals surface area (Å²) in [4.78, 5) is 0. The molecule has 0 aliphatic heterocycles. The number of hydrogen-bond acceptors (Lipinski definition) is 3. The number of aliphatic hydroxyl groups excluding tert-OH is 1. The van der Waals surface area contributed by atoms with Crippen LogP contribution in [0.15, 0.2) is 0 Å². The molecule has 0 aromatic rings. The highest BCUT2D eigenvalue weighted by Gasteiger charge is 2.08. The molecule has 0 aliphatic rings. The first-order valence-corrected chi connectivity index (χ1v) is 24.6. The zero-order chi connectivity index (χ0) is 37.5. The van der Waals surface area contributed by atoms with E-state index in [0.29, 0.717) is 6.61 Å². The minimum absolute atomic E-state index is 0.0680. The summed E-state index contributed by atoms with van der Waals surface area (Å²) in [5.74, 6) is 0. The van der Waals surface area contributed by atoms with Crippen LogP contribution in [0.25, 0.3) is 0 Å². The maximum atomic E-state index is 9.67. The second-order valence-corrected chi connectivity index (χ2v) is 16.9. The average molecular weight is 737 g/mol. The van der Waals surface area contributed by atoms with Crippen LogP contribution in [0.4, 0.5) is 0 Å². The fourth-order valence-corrected chi connectivity index (χ4v) is 7.79. The highest BCUT2D eigenvalue weighted by molar-refractivity contribution is 4.56. The molecule has 1 N–H and O–H groups in total. The first kappa shape index (κ1) is 51.9. The second-order valence-electron chi connectivity index (χ2n) is 16.9. The Balaban J connectivity index is 3.23. The Hall–Kier alpha value is -0.120. The molecule has 0 saturated heterocycles. The number of unbranched alkanes of at least 4 members (excludes halogenated alkanes) is 40. The van der Waals surface area contributed by atoms with Gasteiger partial charge in [-0.15, -0.1) is 0 Å². The Bertz CT molecular complexity index is 595. The Morgan fingerprint density at radius 2 is 0.500 bits per heavy atom. The van der Waals surface area contributed by atoms with Gasteiger partial charge >= 0.3 is 0 Å². The summed E-state index contributed by atoms with van der Waals surface area (Å²) in [6.45, 7) is 6.77. The Labute approximate surface area is 329 Å². The van der Waals surface area contributed by atoms with Crippen LogP contribution in [0.2, 0.25) is 0 Å². The number of aliphatic hydroxyl groups is 1. The van der Waals surface area contributed by atoms with Gasteiger partial charge in [-0.1, -0.05) is 271 Å². The summed E-state index contributed by atoms with van der Waals surface area (Å²) >= 11 is 0. The van der Waals surface area contributed by atoms with Crippen molar-refractivity contribution in [3.63, 3.8) is 0 Å². The first-order valence-electron chi connectivity index (χ1n) is 24.6. The molecule has 314 valence electrons. The van der Waals surface area contributed by atoms with Gasteiger partial charge in [0.05, 0.1) is 13.2 Å². The van der Waals surface area contributed by atoms with Crippen LogP contribution in [-0.2, 0) is 9.47 Å². The third-order valence-electron chi connectivity index (χ3n) is 11.5. The Kier molecular flexibility index (Phi) is 48.8. The molecule has 0 aromatic carbocycles. The largest absolute Gasteiger partial charge is 0.394 e. The van der Waals surface area contributed by atoms with Gasteiger partial charge in [0.25, 0.3) is 0 Å². The predicted octanol–water partition coefficient (Wildman–Crippen LogP) is 16.8. The first-order chi connectivity index (χ1) is 25.8. The highest BCUT2D eigenvalue weighted by Crippen LogP contribution is 2.17. The van der Waals surface area contributed by atoms with Gasteiger partial charge in [-0.3, -0.25) is 0 Å². The molecule has 0 unspecified atom stereocenters. The standard InChI is InChI=1S/C49H100O3/c1-3-5-7-9-11-13-15-17-19-21-23-25-27-29-31-33-35-37-39-41-43-45-51-48-49(47-50)52-46-44-42-40-38-36-34-32-30-28-26-24-22-20-18-16-14-12-10-8-6-4-2/h49-50H,3-48H2,1-2H3/t49-/m0/s1. The van der Waals surface area contributed by atoms with Crippen LogP contribution in [0.3, 0.4) is 0 Å². The van der Waals surface area contributed by atoms with Crippen LogP contribution < -0.4 is 0 Å². The lowest BCUT2D eigenvalue weighted by Crippen LogP contribution is -2.24. The monoisotopic (exact) mass is 737 g/mol. The van der Waals surface area contributed by atoms with Gasteiger partial charge in [0.1, 0.15) is 6.10 Å². The molecule has 0 fully saturated rings. The zero-order valence-electron chi connectivity index (χ0n) is 36.4. The molecule has 52 heavy (non-hydrogen) atoms. The molecule has 0 aliphatic carbocycles. The van der Waals surface area contributed by atoms with E-state index in [1.807, 2.05) is 0 Å². The van der Waals surface area contributed by atoms with Crippen molar-refractivity contribution < 1.29 is 14.6 Å². The molecule has 0 rings (SSSR count). The summed E-state index contributed by atoms with van der Waals surface area (Å²) < 4.78 is 11.7. The number of rotatable bonds is 48. The van der Waals surface area contributed by atoms with Gasteiger partial charge in [-0.2, -0.15) is 0 Å². The van der Waals surface area contributed by atoms with E-state index in [2.05, 4.69) is 13.8 Å². The van der Waals surface area contributed by atoms with Crippen LogP contribution in [0.5, 0.6) is 0 Å². The van der Waals surface area contributed by atoms with Crippen molar-refractivity contribution in [2.75, 3.05) is 26.4 Å². The SMILES string of the molecule is CCCCCCCCCCCCCCCCCCCCCCCOC[C@H](CO)OCCCCCCCCCCCCCCCCCCCCCCC. The normalized spacial score (nSPS) is 12.3. The van der Waals surface area contributed by atoms with E-state index in [4.69, 9.17) is 9.47 Å². The van der Waals surface area contributed by atoms with E-state index in [0.717, 1.165) is 26.1 Å². The van der Waals surface area contributed by atoms with E-state index in [-0.39, 0.29) is 12.7 Å². The molecular weight excluding hydrogens is 637 g/mol. The van der Waals surface area contributed by atoms with Crippen LogP contribution in [-0.4, -0.2) is 37.6 Å². The lowest BCUT2D eigenvalue weighted by Gasteiger charge is -2.15. The van der Waals surface area contributed by atoms with E-state index in [9.17, 15) is 5.11 Å². The molecular formula is C49H100O3. The summed E-state index contributed by atoms with van der Waals surface area (Å²) in [5, 5.41) is 9.67. The lowest BCUT2D eigenvalue weighted by molar-refractivity contribution is -0.0437. The molecule has 0 radical (unpaired) electrons. The summed E-state index contributed by atoms with van der Waals surface area (Å²) in [6, 6.07) is 0. The van der Waals surface area contributed by atoms with Crippen molar-refractivity contribution in [1.29, 1.82) is 0 Å². The van der Waals surface area contributed by atoms with Crippen molar-refractivity contribution in [3.8, 4) is 0 Å². The van der Waals surface area contributed by atoms with Gasteiger partial charge < -0.3 is 14.6 Å². The molecule has 0 heterocycles. The van der Waals surface area contributed by atoms with E-state index >= 15 is 0 Å². The quantitative estimate of drug-likeness (QED) is 0.0632. The highest BCUT2D eigenvalue weighted by atomic mass is 16.5. The van der Waals surface area contributed by atoms with E-state index in [1.54, 1.807) is 0 Å². The topological polar surface area (TPSA) is 38.7 Å². The molecule has 1 atom stereocenters. The summed E-state index contributed by atoms with van der Waals surface area (Å²) in [6.07, 6.45) is 59.1. The summed E-state index contributed by atoms with van der Waals surface area (Å²) in [5.41, 5.74) is 0. The molecule has 0 spiro atoms. The lowest BCUT2D eigenvalue weighted by atomic mass is 10.0. The van der Waals surface area contributed by atoms with E-state index in [1.165, 1.54) is 257 Å². The number of ether oxygens (including phenoxy) is 2. The molecule has 0 bridgehead atoms. The van der Waals surface area contributed by atoms with Crippen molar-refractivity contribution >= 4 is 0 Å². The smallest absolute Gasteiger partial charge is 0.104 e. The Morgan fingerprint density at radius 1 is 0.288 bits per heavy atom. The maximum absolute atomic E-state index is 9.67. The van der Waals surface area contributed by atoms with Crippen molar-refractivity contribution in [1.82, 2.24) is 0 Å². The molecule has 0 aromatic heterocycles. The molecule has 3 heteroatoms. The third-order valence-corrected chi connectivity index (χ3v) is 11.5. The predicted molar refractivity (Wildman–Crippen MR) is 233 cm³/mol. The number of hydrogen-bond donors (Lipinski definition) is 1. The van der Waals surface area contributed by atoms with Crippen molar-refractivity contribution in [2.45, 2.75) is 290 Å². The molecule has 3 nitrogen and oxygen atoms in total. The van der Waals surface area contributed by atoms with Crippen LogP contribution >= 0.6 is 0 Å². The van der Waals surface area contributed by atoms with Crippen molar-refractivity contribution in [3.05, 3.63) is 0 Å². The zero-order valence-corrected chi connectivity index (χ0v) is 36.4. The minimum atomic E-state index is -0.153. The molecule has 0 saturated carbocycles.